The number of para-hydroxylation sites is 3. The molecule has 38 heavy (non-hydrogen) atoms. The van der Waals surface area contributed by atoms with E-state index in [-0.39, 0.29) is 0 Å². The molecule has 1 aliphatic carbocycles. The van der Waals surface area contributed by atoms with Crippen LogP contribution in [-0.4, -0.2) is 9.55 Å². The average molecular weight is 504 g/mol. The largest absolute Gasteiger partial charge is 0.295 e. The molecule has 3 nitrogen and oxygen atoms in total. The normalized spacial score (nSPS) is 18.0. The molecule has 1 atom stereocenters. The van der Waals surface area contributed by atoms with Gasteiger partial charge in [-0.1, -0.05) is 83.9 Å². The van der Waals surface area contributed by atoms with Gasteiger partial charge in [0.25, 0.3) is 5.82 Å². The number of pyridine rings is 1. The molecule has 0 saturated heterocycles. The Labute approximate surface area is 231 Å². The van der Waals surface area contributed by atoms with Crippen LogP contribution in [0.5, 0.6) is 0 Å². The lowest BCUT2D eigenvalue weighted by atomic mass is 9.84. The zero-order chi connectivity index (χ0) is 29.4. The second-order valence-corrected chi connectivity index (χ2v) is 11.5. The number of nitrogens with zero attached hydrogens (tertiary/aromatic N) is 3. The Morgan fingerprint density at radius 3 is 2.26 bits per heavy atom. The van der Waals surface area contributed by atoms with E-state index in [4.69, 9.17) is 4.11 Å². The molecule has 0 saturated carbocycles. The SMILES string of the molecule is [2H]C([2H])([2H])C1(C)c2cc(C)c(-c3n(-c4c(C(C)C)cccc4C(C)C)c4ccccc4[n+]3C)cc2-c2cccnc21. The fraction of sp³-hybridized carbons (Fsp3) is 0.314. The second-order valence-electron chi connectivity index (χ2n) is 11.5. The lowest BCUT2D eigenvalue weighted by Gasteiger charge is -2.21. The Morgan fingerprint density at radius 1 is 0.868 bits per heavy atom. The first-order chi connectivity index (χ1) is 19.4. The average Bonchev–Trinajstić information content (AvgIpc) is 3.36. The van der Waals surface area contributed by atoms with Gasteiger partial charge in [-0.25, -0.2) is 4.57 Å². The Bertz CT molecular complexity index is 1800. The fourth-order valence-electron chi connectivity index (χ4n) is 6.35. The number of hydrogen-bond donors (Lipinski definition) is 0. The van der Waals surface area contributed by atoms with Crippen LogP contribution in [-0.2, 0) is 12.5 Å². The van der Waals surface area contributed by atoms with Crippen molar-refractivity contribution in [3.63, 3.8) is 0 Å². The van der Waals surface area contributed by atoms with Gasteiger partial charge in [-0.2, -0.15) is 4.57 Å². The number of fused-ring (bicyclic) bond motifs is 4. The number of aryl methyl sites for hydroxylation is 2. The molecule has 0 radical (unpaired) electrons. The van der Waals surface area contributed by atoms with Crippen molar-refractivity contribution in [1.29, 1.82) is 0 Å². The first kappa shape index (κ1) is 21.2. The van der Waals surface area contributed by atoms with Gasteiger partial charge in [-0.3, -0.25) is 4.98 Å². The highest BCUT2D eigenvalue weighted by atomic mass is 15.2. The van der Waals surface area contributed by atoms with Crippen LogP contribution in [0.3, 0.4) is 0 Å². The maximum Gasteiger partial charge on any atom is 0.295 e. The molecule has 0 bridgehead atoms. The number of rotatable bonds is 4. The highest BCUT2D eigenvalue weighted by Gasteiger charge is 2.39. The molecule has 2 aromatic heterocycles. The minimum atomic E-state index is -2.24. The third kappa shape index (κ3) is 3.41. The van der Waals surface area contributed by atoms with E-state index in [0.717, 1.165) is 44.7 Å². The topological polar surface area (TPSA) is 21.7 Å². The molecule has 192 valence electrons. The number of aromatic nitrogens is 3. The van der Waals surface area contributed by atoms with Crippen molar-refractivity contribution in [2.75, 3.05) is 0 Å². The van der Waals surface area contributed by atoms with Gasteiger partial charge in [0.15, 0.2) is 11.0 Å². The van der Waals surface area contributed by atoms with Gasteiger partial charge in [0.1, 0.15) is 5.69 Å². The van der Waals surface area contributed by atoms with Crippen molar-refractivity contribution in [1.82, 2.24) is 9.55 Å². The molecule has 6 rings (SSSR count). The van der Waals surface area contributed by atoms with Crippen molar-refractivity contribution in [2.24, 2.45) is 7.05 Å². The quantitative estimate of drug-likeness (QED) is 0.226. The molecular weight excluding hydrogens is 462 g/mol. The summed E-state index contributed by atoms with van der Waals surface area (Å²) in [5.74, 6) is 1.75. The van der Waals surface area contributed by atoms with E-state index in [1.54, 1.807) is 6.20 Å². The van der Waals surface area contributed by atoms with E-state index < -0.39 is 12.3 Å². The standard InChI is InChI=1S/C35H38N3/c1-21(2)24-13-11-14-25(22(3)4)32(24)38-31-17-10-9-16-30(31)37(8)34(38)27-20-28-26-15-12-18-36-33(26)35(6,7)29(28)19-23(27)5/h9-22H,1-8H3/q+1/i6D3. The summed E-state index contributed by atoms with van der Waals surface area (Å²) in [6.45, 7) is 10.7. The summed E-state index contributed by atoms with van der Waals surface area (Å²) in [7, 11) is 2.13. The monoisotopic (exact) mass is 503 g/mol. The van der Waals surface area contributed by atoms with Gasteiger partial charge in [-0.15, -0.1) is 0 Å². The summed E-state index contributed by atoms with van der Waals surface area (Å²) in [6.07, 6.45) is 1.70. The van der Waals surface area contributed by atoms with E-state index >= 15 is 0 Å². The Hall–Kier alpha value is -3.72. The Balaban J connectivity index is 1.75. The van der Waals surface area contributed by atoms with E-state index in [0.29, 0.717) is 17.5 Å². The zero-order valence-electron chi connectivity index (χ0n) is 26.4. The molecule has 1 unspecified atom stereocenters. The maximum absolute atomic E-state index is 8.54. The van der Waals surface area contributed by atoms with E-state index in [1.165, 1.54) is 16.8 Å². The first-order valence-electron chi connectivity index (χ1n) is 15.1. The molecule has 5 aromatic rings. The summed E-state index contributed by atoms with van der Waals surface area (Å²) >= 11 is 0. The van der Waals surface area contributed by atoms with E-state index in [9.17, 15) is 0 Å². The summed E-state index contributed by atoms with van der Waals surface area (Å²) in [6, 6.07) is 23.5. The third-order valence-electron chi connectivity index (χ3n) is 8.30. The van der Waals surface area contributed by atoms with Crippen molar-refractivity contribution < 1.29 is 8.68 Å². The van der Waals surface area contributed by atoms with Crippen LogP contribution in [0, 0.1) is 6.92 Å². The van der Waals surface area contributed by atoms with Crippen LogP contribution >= 0.6 is 0 Å². The van der Waals surface area contributed by atoms with Crippen molar-refractivity contribution >= 4 is 11.0 Å². The number of benzene rings is 3. The summed E-state index contributed by atoms with van der Waals surface area (Å²) < 4.78 is 30.4. The lowest BCUT2D eigenvalue weighted by molar-refractivity contribution is -0.633. The molecule has 0 N–H and O–H groups in total. The van der Waals surface area contributed by atoms with Gasteiger partial charge < -0.3 is 0 Å². The van der Waals surface area contributed by atoms with Gasteiger partial charge in [0.05, 0.1) is 18.3 Å². The van der Waals surface area contributed by atoms with E-state index in [1.807, 2.05) is 19.1 Å². The summed E-state index contributed by atoms with van der Waals surface area (Å²) in [5.41, 5.74) is 10.4. The van der Waals surface area contributed by atoms with Crippen molar-refractivity contribution in [2.45, 2.75) is 65.6 Å². The molecule has 0 aliphatic heterocycles. The zero-order valence-corrected chi connectivity index (χ0v) is 23.4. The van der Waals surface area contributed by atoms with E-state index in [2.05, 4.69) is 110 Å². The van der Waals surface area contributed by atoms with Gasteiger partial charge in [0, 0.05) is 32.4 Å². The number of imidazole rings is 1. The maximum atomic E-state index is 8.54. The molecular formula is C35H38N3+. The Morgan fingerprint density at radius 2 is 1.58 bits per heavy atom. The minimum Gasteiger partial charge on any atom is -0.260 e. The fourth-order valence-corrected chi connectivity index (χ4v) is 6.35. The van der Waals surface area contributed by atoms with Crippen LogP contribution in [0.4, 0.5) is 0 Å². The number of hydrogen-bond acceptors (Lipinski definition) is 1. The predicted octanol–water partition coefficient (Wildman–Crippen LogP) is 8.38. The molecule has 0 fully saturated rings. The third-order valence-corrected chi connectivity index (χ3v) is 8.30. The molecule has 1 aliphatic rings. The molecule has 3 aromatic carbocycles. The Kier molecular flexibility index (Phi) is 4.84. The highest BCUT2D eigenvalue weighted by Crippen LogP contribution is 2.49. The highest BCUT2D eigenvalue weighted by molar-refractivity contribution is 5.86. The smallest absolute Gasteiger partial charge is 0.260 e. The molecule has 0 spiro atoms. The van der Waals surface area contributed by atoms with Gasteiger partial charge in [0.2, 0.25) is 0 Å². The first-order valence-corrected chi connectivity index (χ1v) is 13.6. The van der Waals surface area contributed by atoms with Gasteiger partial charge in [-0.05, 0) is 59.7 Å². The van der Waals surface area contributed by atoms with Crippen molar-refractivity contribution in [3.05, 3.63) is 101 Å². The van der Waals surface area contributed by atoms with Crippen LogP contribution in [0.15, 0.2) is 72.9 Å². The van der Waals surface area contributed by atoms with Crippen LogP contribution in [0.1, 0.15) is 85.4 Å². The summed E-state index contributed by atoms with van der Waals surface area (Å²) in [5, 5.41) is 0. The molecule has 2 heterocycles. The van der Waals surface area contributed by atoms with Crippen LogP contribution in [0.2, 0.25) is 0 Å². The predicted molar refractivity (Wildman–Crippen MR) is 158 cm³/mol. The molecule has 0 amide bonds. The summed E-state index contributed by atoms with van der Waals surface area (Å²) in [4.78, 5) is 4.63. The lowest BCUT2D eigenvalue weighted by Crippen LogP contribution is -2.30. The van der Waals surface area contributed by atoms with Crippen molar-refractivity contribution in [3.8, 4) is 28.2 Å². The molecule has 3 heteroatoms. The second kappa shape index (κ2) is 8.66. The minimum absolute atomic E-state index is 0.335. The van der Waals surface area contributed by atoms with Crippen LogP contribution in [0.25, 0.3) is 39.2 Å². The van der Waals surface area contributed by atoms with Gasteiger partial charge >= 0.3 is 0 Å². The van der Waals surface area contributed by atoms with Crippen LogP contribution < -0.4 is 4.57 Å².